The molecule has 5 rings (SSSR count). The summed E-state index contributed by atoms with van der Waals surface area (Å²) >= 11 is 1.54. The van der Waals surface area contributed by atoms with Crippen LogP contribution in [0.2, 0.25) is 0 Å². The number of nitrogens with one attached hydrogen (secondary N) is 1. The maximum Gasteiger partial charge on any atom is 0.255 e. The van der Waals surface area contributed by atoms with E-state index in [4.69, 9.17) is 19.2 Å². The molecule has 3 aromatic carbocycles. The van der Waals surface area contributed by atoms with Gasteiger partial charge in [-0.1, -0.05) is 11.3 Å². The van der Waals surface area contributed by atoms with E-state index >= 15 is 0 Å². The van der Waals surface area contributed by atoms with E-state index in [1.54, 1.807) is 50.9 Å². The van der Waals surface area contributed by atoms with Crippen LogP contribution in [0.1, 0.15) is 10.4 Å². The van der Waals surface area contributed by atoms with Gasteiger partial charge in [-0.2, -0.15) is 0 Å². The molecule has 0 spiro atoms. The number of rotatable bonds is 6. The highest BCUT2D eigenvalue weighted by Crippen LogP contribution is 2.32. The van der Waals surface area contributed by atoms with E-state index in [1.165, 1.54) is 0 Å². The lowest BCUT2D eigenvalue weighted by atomic mass is 10.1. The Morgan fingerprint density at radius 2 is 1.70 bits per heavy atom. The van der Waals surface area contributed by atoms with Crippen LogP contribution in [-0.4, -0.2) is 36.6 Å². The minimum absolute atomic E-state index is 0.200. The topological polar surface area (TPSA) is 74.1 Å². The van der Waals surface area contributed by atoms with E-state index in [-0.39, 0.29) is 5.91 Å². The van der Waals surface area contributed by atoms with Crippen molar-refractivity contribution >= 4 is 38.1 Å². The third-order valence-electron chi connectivity index (χ3n) is 5.38. The predicted octanol–water partition coefficient (Wildman–Crippen LogP) is 5.49. The molecule has 1 N–H and O–H groups in total. The first-order valence-corrected chi connectivity index (χ1v) is 11.0. The summed E-state index contributed by atoms with van der Waals surface area (Å²) in [6.07, 6.45) is 2.01. The normalized spacial score (nSPS) is 11.0. The van der Waals surface area contributed by atoms with E-state index < -0.39 is 0 Å². The fourth-order valence-electron chi connectivity index (χ4n) is 3.66. The Labute approximate surface area is 194 Å². The molecule has 0 saturated heterocycles. The Kier molecular flexibility index (Phi) is 5.35. The number of hydrogen-bond donors (Lipinski definition) is 1. The number of imidazole rings is 1. The molecule has 8 heteroatoms. The number of benzene rings is 3. The molecule has 0 atom stereocenters. The lowest BCUT2D eigenvalue weighted by Gasteiger charge is -2.10. The van der Waals surface area contributed by atoms with E-state index in [0.29, 0.717) is 22.7 Å². The molecule has 1 amide bonds. The Morgan fingerprint density at radius 3 is 2.42 bits per heavy atom. The first-order valence-electron chi connectivity index (χ1n) is 10.2. The highest BCUT2D eigenvalue weighted by molar-refractivity contribution is 7.23. The standard InChI is InChI=1S/C25H21N3O4S/c1-30-18-8-4-15(5-9-18)19-14-28-20-10-6-16(12-23(20)33-25(28)27-19)24(29)26-17-7-11-21(31-2)22(13-17)32-3/h4-14H,1-3H3,(H,26,29). The summed E-state index contributed by atoms with van der Waals surface area (Å²) in [7, 11) is 4.78. The molecule has 0 aliphatic heterocycles. The van der Waals surface area contributed by atoms with Gasteiger partial charge in [0, 0.05) is 29.1 Å². The number of anilines is 1. The van der Waals surface area contributed by atoms with Crippen LogP contribution in [-0.2, 0) is 0 Å². The second-order valence-corrected chi connectivity index (χ2v) is 8.32. The number of aromatic nitrogens is 2. The van der Waals surface area contributed by atoms with Crippen LogP contribution in [0.4, 0.5) is 5.69 Å². The monoisotopic (exact) mass is 459 g/mol. The molecule has 0 unspecified atom stereocenters. The van der Waals surface area contributed by atoms with Gasteiger partial charge in [0.1, 0.15) is 5.75 Å². The van der Waals surface area contributed by atoms with Crippen LogP contribution < -0.4 is 19.5 Å². The number of nitrogens with zero attached hydrogens (tertiary/aromatic N) is 2. The molecule has 0 bridgehead atoms. The third kappa shape index (κ3) is 3.85. The number of thiazole rings is 1. The quantitative estimate of drug-likeness (QED) is 0.363. The molecule has 0 saturated carbocycles. The average molecular weight is 460 g/mol. The summed E-state index contributed by atoms with van der Waals surface area (Å²) in [4.78, 5) is 18.5. The van der Waals surface area contributed by atoms with Gasteiger partial charge in [0.15, 0.2) is 16.5 Å². The van der Waals surface area contributed by atoms with Crippen LogP contribution >= 0.6 is 11.3 Å². The zero-order chi connectivity index (χ0) is 22.9. The van der Waals surface area contributed by atoms with Crippen molar-refractivity contribution in [3.8, 4) is 28.5 Å². The minimum atomic E-state index is -0.200. The van der Waals surface area contributed by atoms with Gasteiger partial charge < -0.3 is 19.5 Å². The maximum atomic E-state index is 12.8. The zero-order valence-corrected chi connectivity index (χ0v) is 19.1. The molecular weight excluding hydrogens is 438 g/mol. The number of fused-ring (bicyclic) bond motifs is 3. The molecule has 2 heterocycles. The SMILES string of the molecule is COc1ccc(-c2cn3c(n2)sc2cc(C(=O)Nc4ccc(OC)c(OC)c4)ccc23)cc1. The highest BCUT2D eigenvalue weighted by atomic mass is 32.1. The summed E-state index contributed by atoms with van der Waals surface area (Å²) in [6, 6.07) is 18.7. The van der Waals surface area contributed by atoms with E-state index in [2.05, 4.69) is 9.72 Å². The minimum Gasteiger partial charge on any atom is -0.497 e. The fourth-order valence-corrected chi connectivity index (χ4v) is 4.71. The Bertz CT molecular complexity index is 1470. The Morgan fingerprint density at radius 1 is 0.909 bits per heavy atom. The molecule has 5 aromatic rings. The van der Waals surface area contributed by atoms with Crippen LogP contribution in [0.25, 0.3) is 26.4 Å². The molecule has 33 heavy (non-hydrogen) atoms. The van der Waals surface area contributed by atoms with Crippen molar-refractivity contribution in [2.75, 3.05) is 26.6 Å². The summed E-state index contributed by atoms with van der Waals surface area (Å²) in [5.41, 5.74) is 4.11. The Balaban J connectivity index is 1.41. The molecule has 0 aliphatic rings. The van der Waals surface area contributed by atoms with Crippen molar-refractivity contribution in [2.24, 2.45) is 0 Å². The molecule has 0 radical (unpaired) electrons. The van der Waals surface area contributed by atoms with Crippen molar-refractivity contribution in [2.45, 2.75) is 0 Å². The summed E-state index contributed by atoms with van der Waals surface area (Å²) in [6.45, 7) is 0. The van der Waals surface area contributed by atoms with Crippen molar-refractivity contribution in [3.63, 3.8) is 0 Å². The second kappa shape index (κ2) is 8.48. The number of amides is 1. The predicted molar refractivity (Wildman–Crippen MR) is 130 cm³/mol. The summed E-state index contributed by atoms with van der Waals surface area (Å²) in [5, 5.41) is 2.91. The van der Waals surface area contributed by atoms with Crippen LogP contribution in [0, 0.1) is 0 Å². The maximum absolute atomic E-state index is 12.8. The van der Waals surface area contributed by atoms with Gasteiger partial charge in [-0.15, -0.1) is 0 Å². The number of hydrogen-bond acceptors (Lipinski definition) is 6. The van der Waals surface area contributed by atoms with Gasteiger partial charge in [0.25, 0.3) is 5.91 Å². The molecule has 2 aromatic heterocycles. The molecule has 7 nitrogen and oxygen atoms in total. The van der Waals surface area contributed by atoms with Crippen LogP contribution in [0.3, 0.4) is 0 Å². The first kappa shape index (κ1) is 20.8. The molecular formula is C25H21N3O4S. The summed E-state index contributed by atoms with van der Waals surface area (Å²) < 4.78 is 18.8. The van der Waals surface area contributed by atoms with Gasteiger partial charge in [0.2, 0.25) is 0 Å². The van der Waals surface area contributed by atoms with Crippen LogP contribution in [0.15, 0.2) is 66.9 Å². The molecule has 166 valence electrons. The fraction of sp³-hybridized carbons (Fsp3) is 0.120. The van der Waals surface area contributed by atoms with E-state index in [0.717, 1.165) is 32.2 Å². The van der Waals surface area contributed by atoms with Gasteiger partial charge in [-0.3, -0.25) is 9.20 Å². The van der Waals surface area contributed by atoms with E-state index in [9.17, 15) is 4.79 Å². The number of methoxy groups -OCH3 is 3. The van der Waals surface area contributed by atoms with Gasteiger partial charge in [-0.05, 0) is 54.6 Å². The largest absolute Gasteiger partial charge is 0.497 e. The van der Waals surface area contributed by atoms with Crippen molar-refractivity contribution in [1.29, 1.82) is 0 Å². The van der Waals surface area contributed by atoms with Gasteiger partial charge >= 0.3 is 0 Å². The molecule has 0 fully saturated rings. The van der Waals surface area contributed by atoms with Crippen LogP contribution in [0.5, 0.6) is 17.2 Å². The highest BCUT2D eigenvalue weighted by Gasteiger charge is 2.14. The molecule has 0 aliphatic carbocycles. The second-order valence-electron chi connectivity index (χ2n) is 7.32. The lowest BCUT2D eigenvalue weighted by molar-refractivity contribution is 0.102. The first-order chi connectivity index (χ1) is 16.1. The third-order valence-corrected chi connectivity index (χ3v) is 6.40. The average Bonchev–Trinajstić information content (AvgIpc) is 3.41. The van der Waals surface area contributed by atoms with Crippen molar-refractivity contribution in [3.05, 3.63) is 72.4 Å². The number of carbonyl (C=O) groups is 1. The van der Waals surface area contributed by atoms with Gasteiger partial charge in [-0.25, -0.2) is 4.98 Å². The van der Waals surface area contributed by atoms with Crippen molar-refractivity contribution in [1.82, 2.24) is 9.38 Å². The lowest BCUT2D eigenvalue weighted by Crippen LogP contribution is -2.11. The smallest absolute Gasteiger partial charge is 0.255 e. The van der Waals surface area contributed by atoms with E-state index in [1.807, 2.05) is 48.7 Å². The zero-order valence-electron chi connectivity index (χ0n) is 18.3. The Hall–Kier alpha value is -4.04. The number of ether oxygens (including phenoxy) is 3. The summed E-state index contributed by atoms with van der Waals surface area (Å²) in [5.74, 6) is 1.77. The van der Waals surface area contributed by atoms with Crippen molar-refractivity contribution < 1.29 is 19.0 Å². The number of carbonyl (C=O) groups excluding carboxylic acids is 1. The van der Waals surface area contributed by atoms with Gasteiger partial charge in [0.05, 0.1) is 37.2 Å².